The van der Waals surface area contributed by atoms with Gasteiger partial charge in [0.1, 0.15) is 0 Å². The molecule has 0 N–H and O–H groups in total. The van der Waals surface area contributed by atoms with Gasteiger partial charge in [0.15, 0.2) is 0 Å². The van der Waals surface area contributed by atoms with Gasteiger partial charge >= 0.3 is 0 Å². The van der Waals surface area contributed by atoms with Gasteiger partial charge in [0.05, 0.1) is 16.1 Å². The summed E-state index contributed by atoms with van der Waals surface area (Å²) in [6.07, 6.45) is 0. The van der Waals surface area contributed by atoms with Crippen molar-refractivity contribution in [3.63, 3.8) is 0 Å². The molecule has 0 amide bonds. The Bertz CT molecular complexity index is 447. The van der Waals surface area contributed by atoms with Gasteiger partial charge in [-0.05, 0) is 12.1 Å². The molecule has 0 saturated heterocycles. The van der Waals surface area contributed by atoms with E-state index in [0.717, 1.165) is 0 Å². The second-order valence-electron chi connectivity index (χ2n) is 6.86. The van der Waals surface area contributed by atoms with Crippen molar-refractivity contribution in [1.29, 1.82) is 0 Å². The zero-order valence-corrected chi connectivity index (χ0v) is 16.1. The maximum atomic E-state index is 3.74. The van der Waals surface area contributed by atoms with Crippen molar-refractivity contribution in [3.8, 4) is 11.8 Å². The van der Waals surface area contributed by atoms with Crippen molar-refractivity contribution < 1.29 is 0 Å². The normalized spacial score (nSPS) is 13.5. The van der Waals surface area contributed by atoms with Gasteiger partial charge in [-0.2, -0.15) is 0 Å². The van der Waals surface area contributed by atoms with Crippen LogP contribution in [0.5, 0.6) is 0 Å². The van der Waals surface area contributed by atoms with E-state index in [1.807, 2.05) is 0 Å². The lowest BCUT2D eigenvalue weighted by atomic mass is 10.2. The molecule has 0 bridgehead atoms. The van der Waals surface area contributed by atoms with Gasteiger partial charge in [0.2, 0.25) is 0 Å². The fourth-order valence-electron chi connectivity index (χ4n) is 3.33. The van der Waals surface area contributed by atoms with Crippen LogP contribution in [0.15, 0.2) is 30.3 Å². The summed E-state index contributed by atoms with van der Waals surface area (Å²) in [6, 6.07) is 14.6. The number of hydrogen-bond donors (Lipinski definition) is 0. The van der Waals surface area contributed by atoms with Crippen LogP contribution in [0.4, 0.5) is 0 Å². The molecule has 1 unspecified atom stereocenters. The largest absolute Gasteiger partial charge is 0.101 e. The minimum atomic E-state index is -1.25. The van der Waals surface area contributed by atoms with E-state index in [0.29, 0.717) is 5.16 Å². The third-order valence-corrected chi connectivity index (χ3v) is 16.6. The summed E-state index contributed by atoms with van der Waals surface area (Å²) >= 11 is 0. The molecular weight excluding hydrogens is 272 g/mol. The maximum Gasteiger partial charge on any atom is 0.0662 e. The maximum absolute atomic E-state index is 3.74. The Labute approximate surface area is 128 Å². The first kappa shape index (κ1) is 17.3. The quantitative estimate of drug-likeness (QED) is 0.477. The van der Waals surface area contributed by atoms with Crippen LogP contribution in [0.1, 0.15) is 26.3 Å². The molecule has 1 aromatic rings. The monoisotopic (exact) mass is 302 g/mol. The number of hydrogen-bond acceptors (Lipinski definition) is 0. The Balaban J connectivity index is 3.19. The highest BCUT2D eigenvalue weighted by molar-refractivity contribution is 6.98. The van der Waals surface area contributed by atoms with Gasteiger partial charge in [-0.3, -0.25) is 0 Å². The molecule has 0 radical (unpaired) electrons. The molecule has 0 aliphatic heterocycles. The zero-order chi connectivity index (χ0) is 15.2. The fraction of sp³-hybridized carbons (Fsp3) is 0.556. The second-order valence-corrected chi connectivity index (χ2v) is 18.2. The third-order valence-electron chi connectivity index (χ3n) is 4.73. The predicted octanol–water partition coefficient (Wildman–Crippen LogP) is 5.79. The summed E-state index contributed by atoms with van der Waals surface area (Å²) < 4.78 is 0. The molecule has 1 aromatic carbocycles. The summed E-state index contributed by atoms with van der Waals surface area (Å²) in [5.41, 5.74) is 1.17. The first-order valence-electron chi connectivity index (χ1n) is 7.96. The molecule has 110 valence electrons. The van der Waals surface area contributed by atoms with Crippen molar-refractivity contribution in [2.75, 3.05) is 0 Å². The van der Waals surface area contributed by atoms with E-state index in [1.165, 1.54) is 23.7 Å². The lowest BCUT2D eigenvalue weighted by Crippen LogP contribution is -2.48. The summed E-state index contributed by atoms with van der Waals surface area (Å²) in [5.74, 6) is 7.22. The van der Waals surface area contributed by atoms with Crippen LogP contribution < -0.4 is 0 Å². The average molecular weight is 303 g/mol. The van der Waals surface area contributed by atoms with Gasteiger partial charge in [0.25, 0.3) is 0 Å². The van der Waals surface area contributed by atoms with E-state index in [9.17, 15) is 0 Å². The van der Waals surface area contributed by atoms with Crippen molar-refractivity contribution >= 4 is 16.1 Å². The standard InChI is InChI=1S/C18H30Si2/c1-7-20(8-2,9-3)18(19(4,5)6)16-15-17-13-11-10-12-14-17/h10-14,18H,7-9H2,1-6H3. The summed E-state index contributed by atoms with van der Waals surface area (Å²) in [5, 5.41) is 0.704. The molecule has 1 atom stereocenters. The lowest BCUT2D eigenvalue weighted by molar-refractivity contribution is 1.11. The molecule has 0 aliphatic rings. The topological polar surface area (TPSA) is 0 Å². The SMILES string of the molecule is CC[Si](CC)(CC)C(C#Cc1ccccc1)[Si](C)(C)C. The van der Waals surface area contributed by atoms with E-state index in [1.54, 1.807) is 0 Å². The minimum Gasteiger partial charge on any atom is -0.101 e. The molecule has 20 heavy (non-hydrogen) atoms. The van der Waals surface area contributed by atoms with Crippen LogP contribution in [0.25, 0.3) is 0 Å². The van der Waals surface area contributed by atoms with Crippen molar-refractivity contribution in [2.45, 2.75) is 63.7 Å². The molecule has 0 nitrogen and oxygen atoms in total. The van der Waals surface area contributed by atoms with E-state index in [-0.39, 0.29) is 0 Å². The average Bonchev–Trinajstić information content (AvgIpc) is 2.44. The molecule has 0 saturated carbocycles. The van der Waals surface area contributed by atoms with Crippen LogP contribution in [0.3, 0.4) is 0 Å². The van der Waals surface area contributed by atoms with Crippen LogP contribution in [0, 0.1) is 11.8 Å². The highest BCUT2D eigenvalue weighted by atomic mass is 28.4. The van der Waals surface area contributed by atoms with Crippen LogP contribution in [-0.4, -0.2) is 16.1 Å². The Kier molecular flexibility index (Phi) is 6.29. The van der Waals surface area contributed by atoms with Gasteiger partial charge in [-0.1, -0.05) is 82.7 Å². The van der Waals surface area contributed by atoms with E-state index in [2.05, 4.69) is 82.6 Å². The molecule has 0 heterocycles. The van der Waals surface area contributed by atoms with E-state index in [4.69, 9.17) is 0 Å². The zero-order valence-electron chi connectivity index (χ0n) is 14.1. The lowest BCUT2D eigenvalue weighted by Gasteiger charge is -2.41. The molecular formula is C18H30Si2. The Hall–Kier alpha value is -0.786. The van der Waals surface area contributed by atoms with Crippen LogP contribution in [0.2, 0.25) is 42.9 Å². The molecule has 0 aromatic heterocycles. The van der Waals surface area contributed by atoms with Crippen LogP contribution >= 0.6 is 0 Å². The highest BCUT2D eigenvalue weighted by Crippen LogP contribution is 2.39. The Morgan fingerprint density at radius 2 is 1.40 bits per heavy atom. The third kappa shape index (κ3) is 4.10. The van der Waals surface area contributed by atoms with Gasteiger partial charge in [-0.15, -0.1) is 5.92 Å². The predicted molar refractivity (Wildman–Crippen MR) is 97.6 cm³/mol. The Morgan fingerprint density at radius 3 is 1.80 bits per heavy atom. The van der Waals surface area contributed by atoms with Crippen LogP contribution in [-0.2, 0) is 0 Å². The molecule has 1 rings (SSSR count). The number of benzene rings is 1. The summed E-state index contributed by atoms with van der Waals surface area (Å²) in [7, 11) is -2.50. The first-order chi connectivity index (χ1) is 9.39. The van der Waals surface area contributed by atoms with Gasteiger partial charge in [-0.25, -0.2) is 0 Å². The second kappa shape index (κ2) is 7.29. The van der Waals surface area contributed by atoms with Crippen molar-refractivity contribution in [1.82, 2.24) is 0 Å². The smallest absolute Gasteiger partial charge is 0.0662 e. The minimum absolute atomic E-state index is 0.704. The highest BCUT2D eigenvalue weighted by Gasteiger charge is 2.42. The molecule has 0 aliphatic carbocycles. The summed E-state index contributed by atoms with van der Waals surface area (Å²) in [4.78, 5) is 0. The van der Waals surface area contributed by atoms with Gasteiger partial charge < -0.3 is 0 Å². The number of rotatable bonds is 5. The van der Waals surface area contributed by atoms with Crippen molar-refractivity contribution in [3.05, 3.63) is 35.9 Å². The molecule has 2 heteroatoms. The Morgan fingerprint density at radius 1 is 0.900 bits per heavy atom. The summed E-state index contributed by atoms with van der Waals surface area (Å²) in [6.45, 7) is 14.7. The molecule has 0 spiro atoms. The van der Waals surface area contributed by atoms with E-state index >= 15 is 0 Å². The first-order valence-corrected chi connectivity index (χ1v) is 14.2. The van der Waals surface area contributed by atoms with Crippen molar-refractivity contribution in [2.24, 2.45) is 0 Å². The molecule has 0 fully saturated rings. The van der Waals surface area contributed by atoms with E-state index < -0.39 is 16.1 Å². The fourth-order valence-corrected chi connectivity index (χ4v) is 16.1. The van der Waals surface area contributed by atoms with Gasteiger partial charge in [0, 0.05) is 10.7 Å².